The van der Waals surface area contributed by atoms with Crippen molar-refractivity contribution < 1.29 is 0 Å². The van der Waals surface area contributed by atoms with E-state index in [9.17, 15) is 0 Å². The Labute approximate surface area is 94.1 Å². The fourth-order valence-corrected chi connectivity index (χ4v) is 3.40. The minimum atomic E-state index is 0.607. The fraction of sp³-hybridized carbons (Fsp3) is 0.636. The van der Waals surface area contributed by atoms with E-state index in [2.05, 4.69) is 10.3 Å². The van der Waals surface area contributed by atoms with Crippen molar-refractivity contribution in [1.82, 2.24) is 15.3 Å². The molecule has 0 aromatic carbocycles. The first-order valence-electron chi connectivity index (χ1n) is 5.56. The van der Waals surface area contributed by atoms with Gasteiger partial charge in [-0.05, 0) is 12.2 Å². The average Bonchev–Trinajstić information content (AvgIpc) is 2.82. The van der Waals surface area contributed by atoms with Gasteiger partial charge < -0.3 is 5.32 Å². The number of fused-ring (bicyclic) bond motifs is 1. The Morgan fingerprint density at radius 3 is 3.33 bits per heavy atom. The molecule has 0 saturated carbocycles. The summed E-state index contributed by atoms with van der Waals surface area (Å²) in [5.74, 6) is 4.17. The highest BCUT2D eigenvalue weighted by Gasteiger charge is 2.21. The SMILES string of the molecule is c1nc(C2CCSC2)nc2c1CNCC2. The first-order chi connectivity index (χ1) is 7.43. The molecule has 1 aromatic rings. The summed E-state index contributed by atoms with van der Waals surface area (Å²) in [6.07, 6.45) is 4.33. The minimum Gasteiger partial charge on any atom is -0.312 e. The van der Waals surface area contributed by atoms with E-state index < -0.39 is 0 Å². The zero-order valence-corrected chi connectivity index (χ0v) is 9.52. The summed E-state index contributed by atoms with van der Waals surface area (Å²) in [7, 11) is 0. The predicted molar refractivity (Wildman–Crippen MR) is 62.1 cm³/mol. The molecule has 4 heteroatoms. The van der Waals surface area contributed by atoms with E-state index in [0.29, 0.717) is 5.92 Å². The van der Waals surface area contributed by atoms with Crippen molar-refractivity contribution in [2.75, 3.05) is 18.1 Å². The van der Waals surface area contributed by atoms with E-state index in [0.717, 1.165) is 25.3 Å². The number of hydrogen-bond donors (Lipinski definition) is 1. The second-order valence-corrected chi connectivity index (χ2v) is 5.34. The number of nitrogens with one attached hydrogen (secondary N) is 1. The van der Waals surface area contributed by atoms with Gasteiger partial charge in [0.1, 0.15) is 5.82 Å². The quantitative estimate of drug-likeness (QED) is 0.776. The van der Waals surface area contributed by atoms with Crippen LogP contribution in [0.3, 0.4) is 0 Å². The maximum Gasteiger partial charge on any atom is 0.132 e. The van der Waals surface area contributed by atoms with Crippen LogP contribution in [0.1, 0.15) is 29.4 Å². The molecule has 0 amide bonds. The van der Waals surface area contributed by atoms with Crippen LogP contribution in [0.2, 0.25) is 0 Å². The van der Waals surface area contributed by atoms with Gasteiger partial charge in [0.15, 0.2) is 0 Å². The van der Waals surface area contributed by atoms with Crippen LogP contribution in [-0.2, 0) is 13.0 Å². The van der Waals surface area contributed by atoms with Crippen LogP contribution in [0.5, 0.6) is 0 Å². The van der Waals surface area contributed by atoms with E-state index in [-0.39, 0.29) is 0 Å². The molecule has 2 aliphatic rings. The molecule has 0 aliphatic carbocycles. The zero-order chi connectivity index (χ0) is 10.1. The number of rotatable bonds is 1. The van der Waals surface area contributed by atoms with Crippen molar-refractivity contribution in [3.05, 3.63) is 23.3 Å². The maximum atomic E-state index is 4.73. The third-order valence-corrected chi connectivity index (χ3v) is 4.28. The predicted octanol–water partition coefficient (Wildman–Crippen LogP) is 1.34. The lowest BCUT2D eigenvalue weighted by Gasteiger charge is -2.17. The summed E-state index contributed by atoms with van der Waals surface area (Å²) in [4.78, 5) is 9.24. The smallest absolute Gasteiger partial charge is 0.132 e. The molecule has 3 nitrogen and oxygen atoms in total. The normalized spacial score (nSPS) is 25.2. The monoisotopic (exact) mass is 221 g/mol. The molecule has 1 unspecified atom stereocenters. The van der Waals surface area contributed by atoms with E-state index in [1.165, 1.54) is 29.2 Å². The van der Waals surface area contributed by atoms with Gasteiger partial charge in [-0.25, -0.2) is 9.97 Å². The second kappa shape index (κ2) is 4.10. The van der Waals surface area contributed by atoms with Crippen molar-refractivity contribution in [1.29, 1.82) is 0 Å². The summed E-state index contributed by atoms with van der Waals surface area (Å²) < 4.78 is 0. The molecule has 0 bridgehead atoms. The molecular weight excluding hydrogens is 206 g/mol. The van der Waals surface area contributed by atoms with Crippen molar-refractivity contribution >= 4 is 11.8 Å². The Hall–Kier alpha value is -0.610. The van der Waals surface area contributed by atoms with E-state index in [1.807, 2.05) is 18.0 Å². The molecule has 3 rings (SSSR count). The standard InChI is InChI=1S/C11H15N3S/c1-3-12-5-9-6-13-11(14-10(1)9)8-2-4-15-7-8/h6,8,12H,1-5,7H2. The molecule has 1 N–H and O–H groups in total. The Morgan fingerprint density at radius 1 is 1.47 bits per heavy atom. The lowest BCUT2D eigenvalue weighted by atomic mass is 10.1. The van der Waals surface area contributed by atoms with Crippen LogP contribution in [-0.4, -0.2) is 28.0 Å². The molecule has 1 saturated heterocycles. The van der Waals surface area contributed by atoms with E-state index in [1.54, 1.807) is 0 Å². The van der Waals surface area contributed by atoms with Crippen LogP contribution in [0.25, 0.3) is 0 Å². The Balaban J connectivity index is 1.89. The van der Waals surface area contributed by atoms with Crippen molar-refractivity contribution in [2.24, 2.45) is 0 Å². The summed E-state index contributed by atoms with van der Waals surface area (Å²) in [6, 6.07) is 0. The fourth-order valence-electron chi connectivity index (χ4n) is 2.19. The lowest BCUT2D eigenvalue weighted by molar-refractivity contribution is 0.609. The van der Waals surface area contributed by atoms with Gasteiger partial charge in [-0.2, -0.15) is 11.8 Å². The highest BCUT2D eigenvalue weighted by atomic mass is 32.2. The maximum absolute atomic E-state index is 4.73. The van der Waals surface area contributed by atoms with Crippen LogP contribution in [0.4, 0.5) is 0 Å². The third kappa shape index (κ3) is 1.88. The van der Waals surface area contributed by atoms with Gasteiger partial charge in [-0.3, -0.25) is 0 Å². The van der Waals surface area contributed by atoms with Crippen LogP contribution in [0, 0.1) is 0 Å². The van der Waals surface area contributed by atoms with Gasteiger partial charge in [0, 0.05) is 48.6 Å². The molecule has 0 spiro atoms. The highest BCUT2D eigenvalue weighted by Crippen LogP contribution is 2.30. The summed E-state index contributed by atoms with van der Waals surface area (Å²) >= 11 is 2.02. The lowest BCUT2D eigenvalue weighted by Crippen LogP contribution is -2.25. The molecule has 80 valence electrons. The molecule has 1 fully saturated rings. The molecule has 3 heterocycles. The van der Waals surface area contributed by atoms with Crippen molar-refractivity contribution in [3.8, 4) is 0 Å². The van der Waals surface area contributed by atoms with Gasteiger partial charge in [0.25, 0.3) is 0 Å². The van der Waals surface area contributed by atoms with Crippen LogP contribution >= 0.6 is 11.8 Å². The first-order valence-corrected chi connectivity index (χ1v) is 6.72. The second-order valence-electron chi connectivity index (χ2n) is 4.19. The number of aromatic nitrogens is 2. The van der Waals surface area contributed by atoms with E-state index >= 15 is 0 Å². The van der Waals surface area contributed by atoms with Crippen LogP contribution in [0.15, 0.2) is 6.20 Å². The van der Waals surface area contributed by atoms with Crippen molar-refractivity contribution in [3.63, 3.8) is 0 Å². The molecule has 2 aliphatic heterocycles. The Kier molecular flexibility index (Phi) is 2.63. The average molecular weight is 221 g/mol. The summed E-state index contributed by atoms with van der Waals surface area (Å²) in [5.41, 5.74) is 2.56. The highest BCUT2D eigenvalue weighted by molar-refractivity contribution is 7.99. The molecule has 1 atom stereocenters. The molecule has 15 heavy (non-hydrogen) atoms. The Bertz CT molecular complexity index is 361. The first kappa shape index (κ1) is 9.60. The van der Waals surface area contributed by atoms with Crippen LogP contribution < -0.4 is 5.32 Å². The van der Waals surface area contributed by atoms with Gasteiger partial charge in [-0.1, -0.05) is 0 Å². The molecular formula is C11H15N3S. The molecule has 1 aromatic heterocycles. The van der Waals surface area contributed by atoms with Gasteiger partial charge in [-0.15, -0.1) is 0 Å². The topological polar surface area (TPSA) is 37.8 Å². The number of thioether (sulfide) groups is 1. The Morgan fingerprint density at radius 2 is 2.47 bits per heavy atom. The largest absolute Gasteiger partial charge is 0.312 e. The number of nitrogens with zero attached hydrogens (tertiary/aromatic N) is 2. The summed E-state index contributed by atoms with van der Waals surface area (Å²) in [6.45, 7) is 2.00. The minimum absolute atomic E-state index is 0.607. The van der Waals surface area contributed by atoms with E-state index in [4.69, 9.17) is 4.98 Å². The van der Waals surface area contributed by atoms with Gasteiger partial charge in [0.05, 0.1) is 0 Å². The summed E-state index contributed by atoms with van der Waals surface area (Å²) in [5, 5.41) is 3.35. The number of hydrogen-bond acceptors (Lipinski definition) is 4. The third-order valence-electron chi connectivity index (χ3n) is 3.12. The van der Waals surface area contributed by atoms with Gasteiger partial charge in [0.2, 0.25) is 0 Å². The zero-order valence-electron chi connectivity index (χ0n) is 8.70. The molecule has 0 radical (unpaired) electrons. The van der Waals surface area contributed by atoms with Crippen molar-refractivity contribution in [2.45, 2.75) is 25.3 Å². The van der Waals surface area contributed by atoms with Gasteiger partial charge >= 0.3 is 0 Å².